The van der Waals surface area contributed by atoms with Crippen molar-refractivity contribution in [2.24, 2.45) is 11.3 Å². The average Bonchev–Trinajstić information content (AvgIpc) is 2.82. The van der Waals surface area contributed by atoms with Crippen LogP contribution in [0.4, 0.5) is 4.39 Å². The lowest BCUT2D eigenvalue weighted by molar-refractivity contribution is -0.120. The zero-order chi connectivity index (χ0) is 11.9. The monoisotopic (exact) mass is 284 g/mol. The fourth-order valence-electron chi connectivity index (χ4n) is 1.99. The number of benzene rings is 1. The Hall–Kier alpha value is -0.700. The number of Topliss-reactive ketones (excluding diaryl/α,β-unsaturated/α-hetero) is 1. The van der Waals surface area contributed by atoms with Crippen LogP contribution in [0, 0.1) is 17.2 Å². The number of halogens is 2. The average molecular weight is 285 g/mol. The highest BCUT2D eigenvalue weighted by Crippen LogP contribution is 2.52. The van der Waals surface area contributed by atoms with Crippen molar-refractivity contribution < 1.29 is 9.18 Å². The molecule has 1 atom stereocenters. The number of hydrogen-bond acceptors (Lipinski definition) is 1. The summed E-state index contributed by atoms with van der Waals surface area (Å²) in [6, 6.07) is 4.75. The lowest BCUT2D eigenvalue weighted by Gasteiger charge is -2.04. The van der Waals surface area contributed by atoms with Gasteiger partial charge in [0.1, 0.15) is 11.6 Å². The van der Waals surface area contributed by atoms with Crippen LogP contribution in [0.3, 0.4) is 0 Å². The molecule has 3 heteroatoms. The predicted octanol–water partition coefficient (Wildman–Crippen LogP) is 3.75. The van der Waals surface area contributed by atoms with Crippen molar-refractivity contribution in [2.45, 2.75) is 26.7 Å². The second-order valence-electron chi connectivity index (χ2n) is 5.14. The highest BCUT2D eigenvalue weighted by atomic mass is 79.9. The number of ketones is 1. The van der Waals surface area contributed by atoms with Crippen LogP contribution in [-0.2, 0) is 11.2 Å². The van der Waals surface area contributed by atoms with Gasteiger partial charge in [-0.25, -0.2) is 4.39 Å². The molecule has 0 spiro atoms. The van der Waals surface area contributed by atoms with Crippen LogP contribution in [0.1, 0.15) is 25.8 Å². The van der Waals surface area contributed by atoms with E-state index in [1.165, 1.54) is 6.07 Å². The molecule has 2 rings (SSSR count). The molecule has 1 aliphatic rings. The molecule has 0 heterocycles. The molecule has 0 radical (unpaired) electrons. The van der Waals surface area contributed by atoms with E-state index in [1.807, 2.05) is 0 Å². The summed E-state index contributed by atoms with van der Waals surface area (Å²) in [4.78, 5) is 11.9. The molecular formula is C13H14BrFO. The van der Waals surface area contributed by atoms with E-state index in [4.69, 9.17) is 0 Å². The second-order valence-corrected chi connectivity index (χ2v) is 5.99. The fourth-order valence-corrected chi connectivity index (χ4v) is 2.42. The molecule has 0 aromatic heterocycles. The second kappa shape index (κ2) is 3.95. The van der Waals surface area contributed by atoms with Crippen molar-refractivity contribution in [1.82, 2.24) is 0 Å². The minimum Gasteiger partial charge on any atom is -0.299 e. The van der Waals surface area contributed by atoms with Gasteiger partial charge in [0.15, 0.2) is 0 Å². The lowest BCUT2D eigenvalue weighted by Crippen LogP contribution is -2.09. The minimum atomic E-state index is -0.289. The molecule has 1 aromatic rings. The van der Waals surface area contributed by atoms with E-state index in [2.05, 4.69) is 29.8 Å². The van der Waals surface area contributed by atoms with Gasteiger partial charge in [0.25, 0.3) is 0 Å². The summed E-state index contributed by atoms with van der Waals surface area (Å²) in [7, 11) is 0. The largest absolute Gasteiger partial charge is 0.299 e. The van der Waals surface area contributed by atoms with Gasteiger partial charge >= 0.3 is 0 Å². The Balaban J connectivity index is 2.05. The molecule has 16 heavy (non-hydrogen) atoms. The quantitative estimate of drug-likeness (QED) is 0.826. The van der Waals surface area contributed by atoms with Crippen molar-refractivity contribution in [3.05, 3.63) is 34.1 Å². The van der Waals surface area contributed by atoms with Crippen molar-refractivity contribution in [2.75, 3.05) is 0 Å². The first-order valence-electron chi connectivity index (χ1n) is 5.37. The molecule has 1 unspecified atom stereocenters. The molecule has 1 aliphatic carbocycles. The van der Waals surface area contributed by atoms with E-state index >= 15 is 0 Å². The van der Waals surface area contributed by atoms with Crippen LogP contribution >= 0.6 is 15.9 Å². The van der Waals surface area contributed by atoms with Gasteiger partial charge in [-0.3, -0.25) is 4.79 Å². The number of rotatable bonds is 3. The predicted molar refractivity (Wildman–Crippen MR) is 64.7 cm³/mol. The molecule has 86 valence electrons. The van der Waals surface area contributed by atoms with Crippen LogP contribution in [0.2, 0.25) is 0 Å². The van der Waals surface area contributed by atoms with E-state index in [-0.39, 0.29) is 22.9 Å². The highest BCUT2D eigenvalue weighted by Gasteiger charge is 2.49. The first-order chi connectivity index (χ1) is 7.40. The topological polar surface area (TPSA) is 17.1 Å². The molecule has 1 saturated carbocycles. The zero-order valence-electron chi connectivity index (χ0n) is 9.39. The number of hydrogen-bond donors (Lipinski definition) is 0. The molecule has 0 amide bonds. The highest BCUT2D eigenvalue weighted by molar-refractivity contribution is 9.10. The Morgan fingerprint density at radius 3 is 2.69 bits per heavy atom. The van der Waals surface area contributed by atoms with E-state index in [0.717, 1.165) is 12.0 Å². The molecule has 0 N–H and O–H groups in total. The lowest BCUT2D eigenvalue weighted by atomic mass is 10.0. The molecule has 1 fully saturated rings. The molecule has 0 saturated heterocycles. The summed E-state index contributed by atoms with van der Waals surface area (Å²) in [5.41, 5.74) is 1.05. The van der Waals surface area contributed by atoms with Gasteiger partial charge in [0.2, 0.25) is 0 Å². The van der Waals surface area contributed by atoms with Crippen LogP contribution < -0.4 is 0 Å². The third-order valence-corrected chi connectivity index (χ3v) is 3.87. The summed E-state index contributed by atoms with van der Waals surface area (Å²) in [6.45, 7) is 4.21. The molecule has 0 aliphatic heterocycles. The van der Waals surface area contributed by atoms with Crippen molar-refractivity contribution in [1.29, 1.82) is 0 Å². The van der Waals surface area contributed by atoms with Gasteiger partial charge in [-0.05, 0) is 45.5 Å². The van der Waals surface area contributed by atoms with Gasteiger partial charge in [0.05, 0.1) is 4.47 Å². The Morgan fingerprint density at radius 2 is 2.19 bits per heavy atom. The number of carbonyl (C=O) groups excluding carboxylic acids is 1. The Morgan fingerprint density at radius 1 is 1.56 bits per heavy atom. The first-order valence-corrected chi connectivity index (χ1v) is 6.16. The standard InChI is InChI=1S/C13H14BrFO/c1-13(2)7-9(13)12(16)6-8-3-4-11(15)10(14)5-8/h3-5,9H,6-7H2,1-2H3. The Labute approximate surface area is 103 Å². The van der Waals surface area contributed by atoms with E-state index in [1.54, 1.807) is 12.1 Å². The molecule has 1 nitrogen and oxygen atoms in total. The summed E-state index contributed by atoms with van der Waals surface area (Å²) in [5.74, 6) is 0.169. The van der Waals surface area contributed by atoms with Crippen LogP contribution in [-0.4, -0.2) is 5.78 Å². The summed E-state index contributed by atoms with van der Waals surface area (Å²) in [5, 5.41) is 0. The van der Waals surface area contributed by atoms with Crippen LogP contribution in [0.15, 0.2) is 22.7 Å². The summed E-state index contributed by atoms with van der Waals surface area (Å²) >= 11 is 3.12. The van der Waals surface area contributed by atoms with E-state index in [0.29, 0.717) is 10.9 Å². The van der Waals surface area contributed by atoms with Gasteiger partial charge in [-0.15, -0.1) is 0 Å². The van der Waals surface area contributed by atoms with E-state index in [9.17, 15) is 9.18 Å². The zero-order valence-corrected chi connectivity index (χ0v) is 11.0. The Kier molecular flexibility index (Phi) is 2.91. The van der Waals surface area contributed by atoms with Crippen molar-refractivity contribution >= 4 is 21.7 Å². The Bertz CT molecular complexity index is 440. The third-order valence-electron chi connectivity index (χ3n) is 3.26. The van der Waals surface area contributed by atoms with Gasteiger partial charge in [-0.1, -0.05) is 19.9 Å². The first kappa shape index (κ1) is 11.8. The van der Waals surface area contributed by atoms with Crippen molar-refractivity contribution in [3.8, 4) is 0 Å². The minimum absolute atomic E-state index is 0.175. The van der Waals surface area contributed by atoms with E-state index < -0.39 is 0 Å². The summed E-state index contributed by atoms with van der Waals surface area (Å²) in [6.07, 6.45) is 1.39. The smallest absolute Gasteiger partial charge is 0.140 e. The van der Waals surface area contributed by atoms with Crippen LogP contribution in [0.5, 0.6) is 0 Å². The number of carbonyl (C=O) groups is 1. The molecule has 1 aromatic carbocycles. The fraction of sp³-hybridized carbons (Fsp3) is 0.462. The maximum absolute atomic E-state index is 13.0. The van der Waals surface area contributed by atoms with Gasteiger partial charge in [0, 0.05) is 12.3 Å². The van der Waals surface area contributed by atoms with Gasteiger partial charge < -0.3 is 0 Å². The molecule has 0 bridgehead atoms. The maximum atomic E-state index is 13.0. The van der Waals surface area contributed by atoms with Gasteiger partial charge in [-0.2, -0.15) is 0 Å². The normalized spacial score (nSPS) is 21.9. The maximum Gasteiger partial charge on any atom is 0.140 e. The SMILES string of the molecule is CC1(C)CC1C(=O)Cc1ccc(F)c(Br)c1. The van der Waals surface area contributed by atoms with Crippen molar-refractivity contribution in [3.63, 3.8) is 0 Å². The summed E-state index contributed by atoms with van der Waals surface area (Å²) < 4.78 is 13.4. The van der Waals surface area contributed by atoms with Crippen LogP contribution in [0.25, 0.3) is 0 Å². The third kappa shape index (κ3) is 2.34. The molecular weight excluding hydrogens is 271 g/mol.